The molecule has 23 nitrogen and oxygen atoms in total. The molecule has 3 aromatic carbocycles. The molecule has 0 amide bonds. The molecule has 3 aromatic rings. The van der Waals surface area contributed by atoms with Crippen molar-refractivity contribution in [2.75, 3.05) is 20.3 Å². The Balaban J connectivity index is 1.09. The highest BCUT2D eigenvalue weighted by Gasteiger charge is 2.50. The topological polar surface area (TPSA) is 367 Å². The number of carbonyl (C=O) groups excluding carboxylic acids is 1. The predicted octanol–water partition coefficient (Wildman–Crippen LogP) is -2.03. The lowest BCUT2D eigenvalue weighted by molar-refractivity contribution is -0.325. The zero-order chi connectivity index (χ0) is 47.7. The minimum atomic E-state index is -1.94. The van der Waals surface area contributed by atoms with Gasteiger partial charge in [0.15, 0.2) is 41.2 Å². The molecule has 16 atom stereocenters. The van der Waals surface area contributed by atoms with Crippen LogP contribution in [0.3, 0.4) is 0 Å². The lowest BCUT2D eigenvalue weighted by Crippen LogP contribution is -2.61. The standard InChI is InChI=1S/C43H50O23/c1-16-39(66-30(49)8-4-17-3-6-21(46)23(48)9-17)35(54)38(57)41(60-16)59-15-29-32(51)34(53)37(56)43(65-29)63-27-13-20-24(61-40(27)18-5-7-22(47)26(10-18)58-2)11-19(45)12-25(20)62-42-36(55)33(52)31(50)28(14-44)64-42/h3-13,16,28-29,31-48,50-57H,14-15H2,1-2H3/p+1/b8-4+/t16?,28-,29-,31-,32-,33+,34+,35+,36-,37-,38-,39+,40?,41-,42-,43-/m1/s1. The monoisotopic (exact) mass is 935 g/mol. The second-order valence-electron chi connectivity index (χ2n) is 15.8. The van der Waals surface area contributed by atoms with Crippen LogP contribution in [0.1, 0.15) is 29.7 Å². The summed E-state index contributed by atoms with van der Waals surface area (Å²) in [4.78, 5) is 12.6. The highest BCUT2D eigenvalue weighted by atomic mass is 16.7. The second kappa shape index (κ2) is 20.2. The summed E-state index contributed by atoms with van der Waals surface area (Å²) in [6.45, 7) is 0.0118. The fraction of sp³-hybridized carbons (Fsp3) is 0.465. The number of hydrogen-bond donors (Lipinski definition) is 13. The van der Waals surface area contributed by atoms with Gasteiger partial charge in [0, 0.05) is 18.2 Å². The van der Waals surface area contributed by atoms with Crippen molar-refractivity contribution in [1.82, 2.24) is 0 Å². The van der Waals surface area contributed by atoms with Crippen molar-refractivity contribution in [2.24, 2.45) is 0 Å². The Hall–Kier alpha value is -5.51. The molecule has 360 valence electrons. The van der Waals surface area contributed by atoms with Crippen LogP contribution in [-0.4, -0.2) is 190 Å². The van der Waals surface area contributed by atoms with Crippen LogP contribution in [-0.2, 0) is 33.2 Å². The third-order valence-electron chi connectivity index (χ3n) is 11.3. The molecule has 0 bridgehead atoms. The number of rotatable bonds is 13. The highest BCUT2D eigenvalue weighted by Crippen LogP contribution is 2.47. The van der Waals surface area contributed by atoms with Gasteiger partial charge in [0.25, 0.3) is 11.9 Å². The third kappa shape index (κ3) is 10.1. The fourth-order valence-corrected chi connectivity index (χ4v) is 7.63. The van der Waals surface area contributed by atoms with Crippen LogP contribution in [0, 0.1) is 0 Å². The average molecular weight is 936 g/mol. The minimum absolute atomic E-state index is 0.0282. The molecule has 7 rings (SSSR count). The van der Waals surface area contributed by atoms with Crippen LogP contribution in [0.2, 0.25) is 0 Å². The number of aliphatic hydroxyl groups is 10. The Kier molecular flexibility index (Phi) is 14.8. The van der Waals surface area contributed by atoms with E-state index in [0.717, 1.165) is 12.1 Å². The number of phenols is 4. The van der Waals surface area contributed by atoms with E-state index in [2.05, 4.69) is 0 Å². The van der Waals surface area contributed by atoms with E-state index in [-0.39, 0.29) is 45.8 Å². The average Bonchev–Trinajstić information content (AvgIpc) is 3.29. The van der Waals surface area contributed by atoms with E-state index in [1.807, 2.05) is 0 Å². The number of methoxy groups -OCH3 is 1. The van der Waals surface area contributed by atoms with Gasteiger partial charge < -0.3 is 109 Å². The molecule has 4 aliphatic rings. The minimum Gasteiger partial charge on any atom is -0.571 e. The SMILES string of the molecule is COc1cc(C2[OH+]c3cc(O)cc(O[C@@H]4O[C@H](CO)[C@@H](O)[C@H](O)[C@H]4O)c3C=C2O[C@@H]2O[C@H](CO[C@@H]3OC(C)[C@H](OC(=O)/C=C/c4ccc(O)c(O)c4)[C@@H](O)[C@H]3O)[C@@H](O)[C@H](O)[C@H]2O)ccc1O. The molecular weight excluding hydrogens is 884 g/mol. The fourth-order valence-electron chi connectivity index (χ4n) is 7.63. The zero-order valence-electron chi connectivity index (χ0n) is 34.9. The van der Waals surface area contributed by atoms with E-state index < -0.39 is 123 Å². The number of fused-ring (bicyclic) bond motifs is 1. The summed E-state index contributed by atoms with van der Waals surface area (Å²) in [5.41, 5.74) is 0.729. The van der Waals surface area contributed by atoms with Crippen LogP contribution in [0.25, 0.3) is 12.2 Å². The second-order valence-corrected chi connectivity index (χ2v) is 15.8. The number of aromatic hydroxyl groups is 5. The summed E-state index contributed by atoms with van der Waals surface area (Å²) in [5, 5.41) is 136. The summed E-state index contributed by atoms with van der Waals surface area (Å²) in [7, 11) is 1.31. The molecule has 0 aliphatic carbocycles. The molecule has 66 heavy (non-hydrogen) atoms. The number of aliphatic hydroxyl groups excluding tert-OH is 9. The van der Waals surface area contributed by atoms with Crippen LogP contribution < -0.4 is 9.47 Å². The number of carbonyl (C=O) groups is 1. The van der Waals surface area contributed by atoms with Crippen molar-refractivity contribution in [3.05, 3.63) is 77.1 Å². The molecular formula is C43H51O23+. The molecule has 14 N–H and O–H groups in total. The molecule has 0 radical (unpaired) electrons. The maximum Gasteiger partial charge on any atom is 0.331 e. The van der Waals surface area contributed by atoms with Gasteiger partial charge in [-0.15, -0.1) is 0 Å². The number of ether oxygens (including phenoxy) is 9. The Morgan fingerprint density at radius 2 is 1.35 bits per heavy atom. The Morgan fingerprint density at radius 3 is 2.03 bits per heavy atom. The van der Waals surface area contributed by atoms with Crippen molar-refractivity contribution < 1.29 is 114 Å². The summed E-state index contributed by atoms with van der Waals surface area (Å²) in [5.74, 6) is -2.59. The van der Waals surface area contributed by atoms with E-state index >= 15 is 0 Å². The van der Waals surface area contributed by atoms with Gasteiger partial charge in [-0.05, 0) is 48.9 Å². The summed E-state index contributed by atoms with van der Waals surface area (Å²) in [6, 6.07) is 10.4. The summed E-state index contributed by atoms with van der Waals surface area (Å²) in [6.07, 6.45) is -22.7. The van der Waals surface area contributed by atoms with Gasteiger partial charge in [0.1, 0.15) is 78.1 Å². The first-order chi connectivity index (χ1) is 31.4. The molecule has 2 unspecified atom stereocenters. The summed E-state index contributed by atoms with van der Waals surface area (Å²) >= 11 is 0. The Morgan fingerprint density at radius 1 is 0.697 bits per heavy atom. The van der Waals surface area contributed by atoms with Gasteiger partial charge in [-0.2, -0.15) is 0 Å². The Labute approximate surface area is 374 Å². The molecule has 4 aliphatic heterocycles. The molecule has 3 saturated heterocycles. The number of benzene rings is 3. The molecule has 23 heteroatoms. The smallest absolute Gasteiger partial charge is 0.331 e. The first kappa shape index (κ1) is 48.4. The maximum absolute atomic E-state index is 12.6. The first-order valence-corrected chi connectivity index (χ1v) is 20.4. The number of esters is 1. The predicted molar refractivity (Wildman–Crippen MR) is 218 cm³/mol. The third-order valence-corrected chi connectivity index (χ3v) is 11.3. The maximum atomic E-state index is 12.6. The molecule has 0 saturated carbocycles. The van der Waals surface area contributed by atoms with Crippen LogP contribution in [0.4, 0.5) is 0 Å². The first-order valence-electron chi connectivity index (χ1n) is 20.4. The van der Waals surface area contributed by atoms with Gasteiger partial charge >= 0.3 is 5.97 Å². The van der Waals surface area contributed by atoms with Gasteiger partial charge in [0.05, 0.1) is 38.1 Å². The number of hydrogen-bond acceptors (Lipinski definition) is 22. The van der Waals surface area contributed by atoms with Crippen LogP contribution in [0.15, 0.2) is 60.4 Å². The normalized spacial score (nSPS) is 34.4. The van der Waals surface area contributed by atoms with E-state index in [0.29, 0.717) is 11.1 Å². The molecule has 0 aromatic heterocycles. The summed E-state index contributed by atoms with van der Waals surface area (Å²) < 4.78 is 50.2. The van der Waals surface area contributed by atoms with E-state index in [1.165, 1.54) is 68.7 Å². The van der Waals surface area contributed by atoms with Crippen molar-refractivity contribution in [2.45, 2.75) is 105 Å². The lowest BCUT2D eigenvalue weighted by atomic mass is 9.98. The van der Waals surface area contributed by atoms with Crippen molar-refractivity contribution in [1.29, 1.82) is 0 Å². The largest absolute Gasteiger partial charge is 0.571 e. The number of phenolic OH excluding ortho intramolecular Hbond substituents is 4. The quantitative estimate of drug-likeness (QED) is 0.0380. The van der Waals surface area contributed by atoms with Crippen molar-refractivity contribution >= 4 is 18.1 Å². The van der Waals surface area contributed by atoms with Gasteiger partial charge in [0.2, 0.25) is 12.6 Å². The molecule has 3 fully saturated rings. The van der Waals surface area contributed by atoms with E-state index in [1.54, 1.807) is 0 Å². The van der Waals surface area contributed by atoms with E-state index in [4.69, 9.17) is 42.6 Å². The van der Waals surface area contributed by atoms with Gasteiger partial charge in [-0.3, -0.25) is 0 Å². The van der Waals surface area contributed by atoms with E-state index in [9.17, 15) is 71.2 Å². The Bertz CT molecular complexity index is 2250. The lowest BCUT2D eigenvalue weighted by Gasteiger charge is -2.43. The van der Waals surface area contributed by atoms with Gasteiger partial charge in [-0.25, -0.2) is 4.79 Å². The molecule has 0 spiro atoms. The zero-order valence-corrected chi connectivity index (χ0v) is 34.9. The van der Waals surface area contributed by atoms with Crippen molar-refractivity contribution in [3.8, 4) is 40.2 Å². The highest BCUT2D eigenvalue weighted by molar-refractivity contribution is 5.87. The van der Waals surface area contributed by atoms with Crippen LogP contribution >= 0.6 is 0 Å². The van der Waals surface area contributed by atoms with Gasteiger partial charge in [-0.1, -0.05) is 6.07 Å². The van der Waals surface area contributed by atoms with Crippen LogP contribution in [0.5, 0.6) is 40.2 Å². The van der Waals surface area contributed by atoms with Crippen molar-refractivity contribution in [3.63, 3.8) is 0 Å². The molecule has 4 heterocycles.